The second kappa shape index (κ2) is 5.38. The van der Waals surface area contributed by atoms with Crippen LogP contribution in [0, 0.1) is 5.92 Å². The summed E-state index contributed by atoms with van der Waals surface area (Å²) in [7, 11) is 0. The van der Waals surface area contributed by atoms with E-state index in [4.69, 9.17) is 22.1 Å². The van der Waals surface area contributed by atoms with Gasteiger partial charge in [0.2, 0.25) is 0 Å². The Balaban J connectivity index is 2.04. The molecular weight excluding hydrogens is 234 g/mol. The van der Waals surface area contributed by atoms with E-state index in [-0.39, 0.29) is 5.54 Å². The first kappa shape index (κ1) is 12.9. The molecule has 1 aromatic carbocycles. The molecule has 1 atom stereocenters. The fourth-order valence-electron chi connectivity index (χ4n) is 2.50. The van der Waals surface area contributed by atoms with Crippen LogP contribution in [-0.2, 0) is 10.3 Å². The smallest absolute Gasteiger partial charge is 0.0468 e. The number of benzene rings is 1. The number of hydrogen-bond donors (Lipinski definition) is 1. The number of halogens is 1. The zero-order chi connectivity index (χ0) is 12.3. The Morgan fingerprint density at radius 1 is 1.29 bits per heavy atom. The molecule has 0 aliphatic carbocycles. The van der Waals surface area contributed by atoms with Gasteiger partial charge in [-0.1, -0.05) is 23.7 Å². The average molecular weight is 254 g/mol. The van der Waals surface area contributed by atoms with Crippen molar-refractivity contribution in [3.05, 3.63) is 34.9 Å². The zero-order valence-electron chi connectivity index (χ0n) is 10.3. The van der Waals surface area contributed by atoms with Gasteiger partial charge in [-0.3, -0.25) is 0 Å². The zero-order valence-corrected chi connectivity index (χ0v) is 11.0. The molecule has 1 unspecified atom stereocenters. The van der Waals surface area contributed by atoms with Crippen LogP contribution in [0.4, 0.5) is 0 Å². The summed E-state index contributed by atoms with van der Waals surface area (Å²) in [6.45, 7) is 3.86. The van der Waals surface area contributed by atoms with Gasteiger partial charge >= 0.3 is 0 Å². The summed E-state index contributed by atoms with van der Waals surface area (Å²) in [5, 5.41) is 0.760. The van der Waals surface area contributed by atoms with Crippen molar-refractivity contribution in [3.63, 3.8) is 0 Å². The minimum atomic E-state index is -0.271. The summed E-state index contributed by atoms with van der Waals surface area (Å²) in [5.74, 6) is 0.675. The van der Waals surface area contributed by atoms with Gasteiger partial charge in [0.15, 0.2) is 0 Å². The highest BCUT2D eigenvalue weighted by atomic mass is 35.5. The average Bonchev–Trinajstić information content (AvgIpc) is 2.30. The van der Waals surface area contributed by atoms with Crippen LogP contribution < -0.4 is 5.73 Å². The molecule has 1 fully saturated rings. The van der Waals surface area contributed by atoms with Gasteiger partial charge in [-0.2, -0.15) is 0 Å². The van der Waals surface area contributed by atoms with Crippen LogP contribution >= 0.6 is 11.6 Å². The second-order valence-electron chi connectivity index (χ2n) is 5.18. The highest BCUT2D eigenvalue weighted by molar-refractivity contribution is 6.30. The minimum absolute atomic E-state index is 0.271. The van der Waals surface area contributed by atoms with Crippen LogP contribution in [0.2, 0.25) is 5.02 Å². The van der Waals surface area contributed by atoms with Crippen LogP contribution in [0.3, 0.4) is 0 Å². The van der Waals surface area contributed by atoms with Crippen molar-refractivity contribution in [2.45, 2.75) is 31.7 Å². The van der Waals surface area contributed by atoms with Crippen LogP contribution in [0.25, 0.3) is 0 Å². The third-order valence-corrected chi connectivity index (χ3v) is 3.81. The van der Waals surface area contributed by atoms with E-state index in [2.05, 4.69) is 6.92 Å². The normalized spacial score (nSPS) is 21.1. The summed E-state index contributed by atoms with van der Waals surface area (Å²) in [5.41, 5.74) is 7.32. The molecule has 0 aromatic heterocycles. The third kappa shape index (κ3) is 3.44. The molecule has 1 aromatic rings. The molecule has 17 heavy (non-hydrogen) atoms. The lowest BCUT2D eigenvalue weighted by atomic mass is 9.81. The molecule has 94 valence electrons. The predicted molar refractivity (Wildman–Crippen MR) is 71.2 cm³/mol. The van der Waals surface area contributed by atoms with Crippen molar-refractivity contribution in [2.75, 3.05) is 13.2 Å². The largest absolute Gasteiger partial charge is 0.381 e. The lowest BCUT2D eigenvalue weighted by Crippen LogP contribution is -2.36. The van der Waals surface area contributed by atoms with Crippen molar-refractivity contribution < 1.29 is 4.74 Å². The fourth-order valence-corrected chi connectivity index (χ4v) is 2.62. The topological polar surface area (TPSA) is 35.2 Å². The van der Waals surface area contributed by atoms with Gasteiger partial charge in [-0.05, 0) is 49.8 Å². The van der Waals surface area contributed by atoms with Gasteiger partial charge in [-0.15, -0.1) is 0 Å². The molecule has 0 spiro atoms. The quantitative estimate of drug-likeness (QED) is 0.897. The van der Waals surface area contributed by atoms with Crippen molar-refractivity contribution >= 4 is 11.6 Å². The second-order valence-corrected chi connectivity index (χ2v) is 5.62. The van der Waals surface area contributed by atoms with Gasteiger partial charge in [0, 0.05) is 23.8 Å². The number of ether oxygens (including phenoxy) is 1. The van der Waals surface area contributed by atoms with E-state index < -0.39 is 0 Å². The predicted octanol–water partition coefficient (Wildman–Crippen LogP) is 3.33. The first-order valence-corrected chi connectivity index (χ1v) is 6.58. The highest BCUT2D eigenvalue weighted by Crippen LogP contribution is 2.31. The van der Waals surface area contributed by atoms with E-state index in [9.17, 15) is 0 Å². The van der Waals surface area contributed by atoms with E-state index in [0.29, 0.717) is 5.92 Å². The SMILES string of the molecule is CC(N)(CC1CCOCC1)c1ccc(Cl)cc1. The van der Waals surface area contributed by atoms with Crippen molar-refractivity contribution in [1.29, 1.82) is 0 Å². The molecule has 1 heterocycles. The molecule has 1 saturated heterocycles. The Hall–Kier alpha value is -0.570. The van der Waals surface area contributed by atoms with Gasteiger partial charge in [-0.25, -0.2) is 0 Å². The standard InChI is InChI=1S/C14H20ClNO/c1-14(16,10-11-6-8-17-9-7-11)12-2-4-13(15)5-3-12/h2-5,11H,6-10,16H2,1H3. The molecule has 2 rings (SSSR count). The lowest BCUT2D eigenvalue weighted by Gasteiger charge is -2.32. The molecule has 0 amide bonds. The number of nitrogens with two attached hydrogens (primary N) is 1. The summed E-state index contributed by atoms with van der Waals surface area (Å²) in [4.78, 5) is 0. The summed E-state index contributed by atoms with van der Waals surface area (Å²) in [6, 6.07) is 7.88. The minimum Gasteiger partial charge on any atom is -0.381 e. The maximum atomic E-state index is 6.44. The first-order valence-electron chi connectivity index (χ1n) is 6.20. The number of rotatable bonds is 3. The third-order valence-electron chi connectivity index (χ3n) is 3.56. The summed E-state index contributed by atoms with van der Waals surface area (Å²) >= 11 is 5.90. The van der Waals surface area contributed by atoms with E-state index in [0.717, 1.165) is 43.1 Å². The van der Waals surface area contributed by atoms with E-state index >= 15 is 0 Å². The van der Waals surface area contributed by atoms with Gasteiger partial charge in [0.25, 0.3) is 0 Å². The molecule has 1 aliphatic heterocycles. The van der Waals surface area contributed by atoms with Gasteiger partial charge in [0.05, 0.1) is 0 Å². The monoisotopic (exact) mass is 253 g/mol. The molecule has 2 N–H and O–H groups in total. The van der Waals surface area contributed by atoms with Crippen LogP contribution in [0.1, 0.15) is 31.7 Å². The summed E-state index contributed by atoms with van der Waals surface area (Å²) < 4.78 is 5.38. The van der Waals surface area contributed by atoms with E-state index in [1.165, 1.54) is 0 Å². The molecule has 0 saturated carbocycles. The van der Waals surface area contributed by atoms with E-state index in [1.54, 1.807) is 0 Å². The Morgan fingerprint density at radius 2 is 1.88 bits per heavy atom. The molecule has 3 heteroatoms. The molecule has 1 aliphatic rings. The van der Waals surface area contributed by atoms with Crippen LogP contribution in [0.5, 0.6) is 0 Å². The number of hydrogen-bond acceptors (Lipinski definition) is 2. The van der Waals surface area contributed by atoms with Crippen molar-refractivity contribution in [1.82, 2.24) is 0 Å². The Bertz CT molecular complexity index is 355. The Kier molecular flexibility index (Phi) is 4.08. The lowest BCUT2D eigenvalue weighted by molar-refractivity contribution is 0.0570. The molecule has 0 radical (unpaired) electrons. The van der Waals surface area contributed by atoms with Crippen molar-refractivity contribution in [3.8, 4) is 0 Å². The molecule has 2 nitrogen and oxygen atoms in total. The van der Waals surface area contributed by atoms with E-state index in [1.807, 2.05) is 24.3 Å². The maximum Gasteiger partial charge on any atom is 0.0468 e. The Morgan fingerprint density at radius 3 is 2.47 bits per heavy atom. The van der Waals surface area contributed by atoms with Crippen LogP contribution in [0.15, 0.2) is 24.3 Å². The maximum absolute atomic E-state index is 6.44. The Labute approximate surface area is 108 Å². The van der Waals surface area contributed by atoms with Gasteiger partial charge in [0.1, 0.15) is 0 Å². The van der Waals surface area contributed by atoms with Crippen LogP contribution in [-0.4, -0.2) is 13.2 Å². The van der Waals surface area contributed by atoms with Gasteiger partial charge < -0.3 is 10.5 Å². The first-order chi connectivity index (χ1) is 8.08. The highest BCUT2D eigenvalue weighted by Gasteiger charge is 2.26. The molecule has 0 bridgehead atoms. The van der Waals surface area contributed by atoms with Crippen molar-refractivity contribution in [2.24, 2.45) is 11.7 Å². The fraction of sp³-hybridized carbons (Fsp3) is 0.571. The summed E-state index contributed by atoms with van der Waals surface area (Å²) in [6.07, 6.45) is 3.26. The molecular formula is C14H20ClNO.